The van der Waals surface area contributed by atoms with Gasteiger partial charge in [0.05, 0.1) is 17.8 Å². The number of nitrogens with zero attached hydrogens (tertiary/aromatic N) is 2. The van der Waals surface area contributed by atoms with Crippen LogP contribution in [0.4, 0.5) is 43.4 Å². The summed E-state index contributed by atoms with van der Waals surface area (Å²) in [5.74, 6) is -2.34. The van der Waals surface area contributed by atoms with E-state index in [0.29, 0.717) is 23.4 Å². The van der Waals surface area contributed by atoms with Crippen LogP contribution in [-0.2, 0) is 29.5 Å². The summed E-state index contributed by atoms with van der Waals surface area (Å²) < 4.78 is 94.8. The summed E-state index contributed by atoms with van der Waals surface area (Å²) in [5, 5.41) is 2.24. The van der Waals surface area contributed by atoms with Crippen LogP contribution in [0.25, 0.3) is 0 Å². The summed E-state index contributed by atoms with van der Waals surface area (Å²) in [6, 6.07) is 14.6. The molecule has 1 N–H and O–H groups in total. The lowest BCUT2D eigenvalue weighted by Gasteiger charge is -2.34. The molecule has 0 radical (unpaired) electrons. The lowest BCUT2D eigenvalue weighted by atomic mass is 9.92. The molecule has 0 saturated heterocycles. The van der Waals surface area contributed by atoms with E-state index in [1.54, 1.807) is 48.5 Å². The van der Waals surface area contributed by atoms with Gasteiger partial charge in [-0.3, -0.25) is 14.4 Å². The van der Waals surface area contributed by atoms with Crippen molar-refractivity contribution in [1.82, 2.24) is 0 Å². The van der Waals surface area contributed by atoms with Gasteiger partial charge in [-0.25, -0.2) is 18.0 Å². The van der Waals surface area contributed by atoms with Crippen LogP contribution >= 0.6 is 0 Å². The number of carbonyl (C=O) groups excluding carboxylic acids is 4. The van der Waals surface area contributed by atoms with E-state index in [1.807, 2.05) is 13.0 Å². The Morgan fingerprint density at radius 3 is 2.12 bits per heavy atom. The first kappa shape index (κ1) is 40.4. The predicted octanol–water partition coefficient (Wildman–Crippen LogP) is 7.29. The lowest BCUT2D eigenvalue weighted by Crippen LogP contribution is -2.47. The molecule has 0 heterocycles. The van der Waals surface area contributed by atoms with Gasteiger partial charge < -0.3 is 24.6 Å². The zero-order valence-corrected chi connectivity index (χ0v) is 28.8. The zero-order chi connectivity index (χ0) is 38.3. The summed E-state index contributed by atoms with van der Waals surface area (Å²) in [6.07, 6.45) is -10.8. The van der Waals surface area contributed by atoms with Crippen LogP contribution in [0.2, 0.25) is 0 Å². The predicted molar refractivity (Wildman–Crippen MR) is 179 cm³/mol. The Morgan fingerprint density at radius 2 is 1.57 bits per heavy atom. The Bertz CT molecular complexity index is 1710. The second kappa shape index (κ2) is 16.3. The minimum Gasteiger partial charge on any atom is -0.463 e. The van der Waals surface area contributed by atoms with Crippen molar-refractivity contribution in [2.45, 2.75) is 71.0 Å². The molecule has 3 rings (SSSR count). The Balaban J connectivity index is 1.97. The van der Waals surface area contributed by atoms with E-state index < -0.39 is 65.6 Å². The second-order valence-electron chi connectivity index (χ2n) is 12.7. The molecule has 2 amide bonds. The van der Waals surface area contributed by atoms with Crippen LogP contribution in [0.3, 0.4) is 0 Å². The largest absolute Gasteiger partial charge is 0.463 e. The van der Waals surface area contributed by atoms with Gasteiger partial charge in [-0.1, -0.05) is 36.4 Å². The monoisotopic (exact) mass is 723 g/mol. The number of alkyl halides is 6. The highest BCUT2D eigenvalue weighted by Crippen LogP contribution is 2.49. The second-order valence-corrected chi connectivity index (χ2v) is 12.7. The average molecular weight is 724 g/mol. The zero-order valence-electron chi connectivity index (χ0n) is 28.8. The van der Waals surface area contributed by atoms with Gasteiger partial charge in [0.25, 0.3) is 18.0 Å². The number of aryl methyl sites for hydroxylation is 2. The molecule has 3 aromatic rings. The molecule has 9 nitrogen and oxygen atoms in total. The van der Waals surface area contributed by atoms with E-state index >= 15 is 4.39 Å². The maximum atomic E-state index is 15.2. The highest BCUT2D eigenvalue weighted by atomic mass is 19.4. The normalized spacial score (nSPS) is 13.5. The van der Waals surface area contributed by atoms with Gasteiger partial charge in [0.1, 0.15) is 12.2 Å². The Kier molecular flexibility index (Phi) is 12.9. The Morgan fingerprint density at radius 1 is 0.922 bits per heavy atom. The van der Waals surface area contributed by atoms with E-state index in [1.165, 1.54) is 25.7 Å². The van der Waals surface area contributed by atoms with E-state index in [0.717, 1.165) is 24.4 Å². The number of esters is 2. The van der Waals surface area contributed by atoms with Gasteiger partial charge in [-0.05, 0) is 76.1 Å². The number of amides is 2. The van der Waals surface area contributed by atoms with Crippen molar-refractivity contribution < 1.29 is 55.0 Å². The average Bonchev–Trinajstić information content (AvgIpc) is 3.04. The molecule has 0 fully saturated rings. The van der Waals surface area contributed by atoms with Gasteiger partial charge in [0.15, 0.2) is 6.04 Å². The molecule has 0 aliphatic rings. The van der Waals surface area contributed by atoms with Gasteiger partial charge in [-0.15, -0.1) is 0 Å². The first-order valence-electron chi connectivity index (χ1n) is 15.6. The molecule has 0 aliphatic heterocycles. The molecular weight excluding hydrogens is 684 g/mol. The quantitative estimate of drug-likeness (QED) is 0.106. The fourth-order valence-corrected chi connectivity index (χ4v) is 5.12. The maximum absolute atomic E-state index is 15.2. The molecular formula is C36H39F6N3O6. The molecule has 0 aliphatic carbocycles. The highest BCUT2D eigenvalue weighted by molar-refractivity contribution is 6.06. The van der Waals surface area contributed by atoms with Crippen LogP contribution in [0, 0.1) is 13.8 Å². The van der Waals surface area contributed by atoms with E-state index in [9.17, 15) is 41.1 Å². The van der Waals surface area contributed by atoms with Crippen LogP contribution in [0.5, 0.6) is 0 Å². The van der Waals surface area contributed by atoms with Crippen molar-refractivity contribution in [2.75, 3.05) is 35.3 Å². The number of halogens is 6. The minimum absolute atomic E-state index is 0.151. The summed E-state index contributed by atoms with van der Waals surface area (Å²) in [5.41, 5.74) is -6.97. The number of hydrogen-bond donors (Lipinski definition) is 1. The number of ether oxygens (including phenoxy) is 2. The first-order chi connectivity index (χ1) is 23.7. The summed E-state index contributed by atoms with van der Waals surface area (Å²) in [4.78, 5) is 53.8. The SMILES string of the molecule is Cc1cccc(N(CCC(=O)OCC(C(=O)OC(C)(C)C)N(C)c2cc(C(F)(C(F)F)C(F)(F)F)cc(C)c2NC=O)C(=O)c2ccccc2)c1. The third-order valence-electron chi connectivity index (χ3n) is 7.70. The number of carbonyl (C=O) groups is 4. The third-order valence-corrected chi connectivity index (χ3v) is 7.70. The molecule has 0 saturated carbocycles. The number of benzene rings is 3. The minimum atomic E-state index is -6.04. The fourth-order valence-electron chi connectivity index (χ4n) is 5.12. The lowest BCUT2D eigenvalue weighted by molar-refractivity contribution is -0.274. The smallest absolute Gasteiger partial charge is 0.432 e. The Hall–Kier alpha value is -5.08. The highest BCUT2D eigenvalue weighted by Gasteiger charge is 2.64. The van der Waals surface area contributed by atoms with Crippen LogP contribution in [0.15, 0.2) is 66.7 Å². The number of hydrogen-bond acceptors (Lipinski definition) is 7. The van der Waals surface area contributed by atoms with Crippen molar-refractivity contribution >= 4 is 41.3 Å². The van der Waals surface area contributed by atoms with Crippen molar-refractivity contribution in [3.8, 4) is 0 Å². The molecule has 0 bridgehead atoms. The van der Waals surface area contributed by atoms with Gasteiger partial charge >= 0.3 is 18.1 Å². The van der Waals surface area contributed by atoms with Crippen molar-refractivity contribution in [2.24, 2.45) is 0 Å². The van der Waals surface area contributed by atoms with Crippen molar-refractivity contribution in [1.29, 1.82) is 0 Å². The van der Waals surface area contributed by atoms with Crippen molar-refractivity contribution in [3.05, 3.63) is 89.0 Å². The van der Waals surface area contributed by atoms with Crippen LogP contribution in [0.1, 0.15) is 54.2 Å². The molecule has 0 spiro atoms. The number of likely N-dealkylation sites (N-methyl/N-ethyl adjacent to an activating group) is 1. The molecule has 15 heteroatoms. The van der Waals surface area contributed by atoms with Crippen LogP contribution < -0.4 is 15.1 Å². The van der Waals surface area contributed by atoms with E-state index in [-0.39, 0.29) is 30.6 Å². The summed E-state index contributed by atoms with van der Waals surface area (Å²) >= 11 is 0. The fraction of sp³-hybridized carbons (Fsp3) is 0.389. The first-order valence-corrected chi connectivity index (χ1v) is 15.6. The molecule has 2 atom stereocenters. The van der Waals surface area contributed by atoms with E-state index in [4.69, 9.17) is 9.47 Å². The molecule has 0 aromatic heterocycles. The molecule has 2 unspecified atom stereocenters. The summed E-state index contributed by atoms with van der Waals surface area (Å²) in [6.45, 7) is 6.60. The van der Waals surface area contributed by atoms with Crippen LogP contribution in [-0.4, -0.2) is 68.7 Å². The van der Waals surface area contributed by atoms with Gasteiger partial charge in [-0.2, -0.15) is 13.2 Å². The summed E-state index contributed by atoms with van der Waals surface area (Å²) in [7, 11) is 1.14. The topological polar surface area (TPSA) is 105 Å². The number of nitrogens with one attached hydrogen (secondary N) is 1. The van der Waals surface area contributed by atoms with Gasteiger partial charge in [0, 0.05) is 30.4 Å². The van der Waals surface area contributed by atoms with Gasteiger partial charge in [0.2, 0.25) is 6.41 Å². The maximum Gasteiger partial charge on any atom is 0.432 e. The van der Waals surface area contributed by atoms with E-state index in [2.05, 4.69) is 5.32 Å². The number of rotatable bonds is 14. The van der Waals surface area contributed by atoms with Crippen molar-refractivity contribution in [3.63, 3.8) is 0 Å². The molecule has 276 valence electrons. The standard InChI is InChI=1S/C36H39F6N3O6/c1-22-11-10-14-26(17-22)45(31(48)24-12-8-7-9-13-24)16-15-29(47)50-20-28(32(49)51-34(3,4)5)44(6)27-19-25(18-23(2)30(27)43-21-46)35(39,33(37)38)36(40,41)42/h7-14,17-19,21,28,33H,15-16,20H2,1-6H3,(H,43,46). The Labute approximate surface area is 291 Å². The third kappa shape index (κ3) is 9.79. The molecule has 3 aromatic carbocycles. The number of anilines is 3. The molecule has 51 heavy (non-hydrogen) atoms.